The zero-order valence-corrected chi connectivity index (χ0v) is 9.14. The maximum atomic E-state index is 7.55. The number of nitrogens with one attached hydrogen (secondary N) is 1. The Balaban J connectivity index is 0.00000112. The van der Waals surface area contributed by atoms with E-state index in [4.69, 9.17) is 14.6 Å². The highest BCUT2D eigenvalue weighted by Gasteiger charge is 2.08. The van der Waals surface area contributed by atoms with Crippen LogP contribution in [0.4, 0.5) is 0 Å². The lowest BCUT2D eigenvalue weighted by Gasteiger charge is -1.99. The summed E-state index contributed by atoms with van der Waals surface area (Å²) in [6.45, 7) is 2.33. The van der Waals surface area contributed by atoms with Gasteiger partial charge in [-0.15, -0.1) is 12.4 Å². The maximum absolute atomic E-state index is 7.55. The molecule has 4 heteroatoms. The number of fused-ring (bicyclic) bond motifs is 1. The van der Waals surface area contributed by atoms with Crippen LogP contribution in [-0.4, -0.2) is 12.5 Å². The summed E-state index contributed by atoms with van der Waals surface area (Å²) >= 11 is 0. The van der Waals surface area contributed by atoms with Crippen LogP contribution < -0.4 is 0 Å². The first kappa shape index (κ1) is 11.6. The molecule has 0 saturated carbocycles. The Labute approximate surface area is 94.0 Å². The third-order valence-electron chi connectivity index (χ3n) is 1.94. The topological polar surface area (TPSA) is 46.2 Å². The molecule has 0 aliphatic carbocycles. The Hall–Kier alpha value is -1.48. The van der Waals surface area contributed by atoms with Gasteiger partial charge in [-0.1, -0.05) is 18.2 Å². The molecular weight excluding hydrogens is 214 g/mol. The van der Waals surface area contributed by atoms with Crippen LogP contribution in [0.15, 0.2) is 34.7 Å². The van der Waals surface area contributed by atoms with Crippen LogP contribution in [0.25, 0.3) is 11.0 Å². The van der Waals surface area contributed by atoms with E-state index in [2.05, 4.69) is 0 Å². The van der Waals surface area contributed by atoms with E-state index in [1.165, 1.54) is 0 Å². The molecule has 1 aromatic carbocycles. The van der Waals surface area contributed by atoms with Crippen LogP contribution in [0, 0.1) is 5.41 Å². The fourth-order valence-electron chi connectivity index (χ4n) is 1.31. The van der Waals surface area contributed by atoms with E-state index in [0.717, 1.165) is 11.0 Å². The molecule has 0 fully saturated rings. The Morgan fingerprint density at radius 2 is 2.13 bits per heavy atom. The summed E-state index contributed by atoms with van der Waals surface area (Å²) in [7, 11) is 0. The summed E-state index contributed by atoms with van der Waals surface area (Å²) in [6, 6.07) is 9.47. The molecule has 0 radical (unpaired) electrons. The molecule has 0 spiro atoms. The summed E-state index contributed by atoms with van der Waals surface area (Å²) in [5, 5.41) is 8.54. The van der Waals surface area contributed by atoms with Crippen molar-refractivity contribution in [3.8, 4) is 0 Å². The van der Waals surface area contributed by atoms with Gasteiger partial charge in [0.2, 0.25) is 5.90 Å². The zero-order chi connectivity index (χ0) is 9.97. The molecule has 0 amide bonds. The number of furan rings is 1. The number of hydrogen-bond acceptors (Lipinski definition) is 3. The van der Waals surface area contributed by atoms with Crippen molar-refractivity contribution >= 4 is 29.3 Å². The van der Waals surface area contributed by atoms with Crippen molar-refractivity contribution in [3.63, 3.8) is 0 Å². The van der Waals surface area contributed by atoms with E-state index in [0.29, 0.717) is 12.4 Å². The van der Waals surface area contributed by atoms with E-state index in [9.17, 15) is 0 Å². The zero-order valence-electron chi connectivity index (χ0n) is 8.32. The van der Waals surface area contributed by atoms with Gasteiger partial charge in [0, 0.05) is 5.39 Å². The number of benzene rings is 1. The Morgan fingerprint density at radius 1 is 1.40 bits per heavy atom. The maximum Gasteiger partial charge on any atom is 0.250 e. The van der Waals surface area contributed by atoms with Crippen molar-refractivity contribution in [1.82, 2.24) is 0 Å². The minimum absolute atomic E-state index is 0. The minimum Gasteiger partial charge on any atom is -0.476 e. The van der Waals surface area contributed by atoms with Crippen LogP contribution in [0.3, 0.4) is 0 Å². The molecule has 0 saturated heterocycles. The van der Waals surface area contributed by atoms with Crippen molar-refractivity contribution < 1.29 is 9.15 Å². The average molecular weight is 226 g/mol. The molecule has 1 aromatic heterocycles. The quantitative estimate of drug-likeness (QED) is 0.630. The van der Waals surface area contributed by atoms with Crippen LogP contribution in [0.1, 0.15) is 12.7 Å². The van der Waals surface area contributed by atoms with Gasteiger partial charge in [0.05, 0.1) is 6.61 Å². The first-order valence-electron chi connectivity index (χ1n) is 4.51. The van der Waals surface area contributed by atoms with Gasteiger partial charge in [0.1, 0.15) is 5.58 Å². The molecule has 1 N–H and O–H groups in total. The monoisotopic (exact) mass is 225 g/mol. The summed E-state index contributed by atoms with van der Waals surface area (Å²) in [4.78, 5) is 0. The SMILES string of the molecule is CCOC(=N)c1cc2ccccc2o1.Cl. The Bertz CT molecular complexity index is 431. The first-order chi connectivity index (χ1) is 6.81. The van der Waals surface area contributed by atoms with Crippen molar-refractivity contribution in [1.29, 1.82) is 5.41 Å². The third kappa shape index (κ3) is 2.30. The molecule has 2 rings (SSSR count). The predicted octanol–water partition coefficient (Wildman–Crippen LogP) is 3.22. The van der Waals surface area contributed by atoms with Gasteiger partial charge in [-0.25, -0.2) is 0 Å². The summed E-state index contributed by atoms with van der Waals surface area (Å²) in [6.07, 6.45) is 0. The highest BCUT2D eigenvalue weighted by molar-refractivity contribution is 5.94. The number of ether oxygens (including phenoxy) is 1. The number of halogens is 1. The second kappa shape index (κ2) is 4.84. The Kier molecular flexibility index (Phi) is 3.74. The molecule has 0 bridgehead atoms. The third-order valence-corrected chi connectivity index (χ3v) is 1.94. The normalized spacial score (nSPS) is 9.67. The molecule has 0 aliphatic heterocycles. The Morgan fingerprint density at radius 3 is 2.80 bits per heavy atom. The minimum atomic E-state index is 0. The molecule has 0 aliphatic rings. The molecule has 1 heterocycles. The average Bonchev–Trinajstić information content (AvgIpc) is 2.61. The molecule has 0 atom stereocenters. The number of para-hydroxylation sites is 1. The van der Waals surface area contributed by atoms with E-state index in [1.54, 1.807) is 0 Å². The molecule has 3 nitrogen and oxygen atoms in total. The summed E-state index contributed by atoms with van der Waals surface area (Å²) in [5.41, 5.74) is 0.784. The fourth-order valence-corrected chi connectivity index (χ4v) is 1.31. The molecule has 2 aromatic rings. The predicted molar refractivity (Wildman–Crippen MR) is 61.9 cm³/mol. The van der Waals surface area contributed by atoms with E-state index >= 15 is 0 Å². The number of rotatable bonds is 2. The lowest BCUT2D eigenvalue weighted by molar-refractivity contribution is 0.317. The van der Waals surface area contributed by atoms with Crippen LogP contribution in [0.5, 0.6) is 0 Å². The van der Waals surface area contributed by atoms with E-state index in [1.807, 2.05) is 37.3 Å². The van der Waals surface area contributed by atoms with Gasteiger partial charge in [0.15, 0.2) is 5.76 Å². The van der Waals surface area contributed by atoms with Gasteiger partial charge >= 0.3 is 0 Å². The van der Waals surface area contributed by atoms with Crippen LogP contribution >= 0.6 is 12.4 Å². The molecule has 0 unspecified atom stereocenters. The van der Waals surface area contributed by atoms with Gasteiger partial charge < -0.3 is 9.15 Å². The van der Waals surface area contributed by atoms with Crippen molar-refractivity contribution in [2.24, 2.45) is 0 Å². The lowest BCUT2D eigenvalue weighted by atomic mass is 10.2. The van der Waals surface area contributed by atoms with Crippen molar-refractivity contribution in [2.45, 2.75) is 6.92 Å². The van der Waals surface area contributed by atoms with Crippen LogP contribution in [-0.2, 0) is 4.74 Å². The van der Waals surface area contributed by atoms with Gasteiger partial charge in [0.25, 0.3) is 0 Å². The van der Waals surface area contributed by atoms with Gasteiger partial charge in [-0.2, -0.15) is 0 Å². The highest BCUT2D eigenvalue weighted by atomic mass is 35.5. The molecule has 80 valence electrons. The molecule has 15 heavy (non-hydrogen) atoms. The summed E-state index contributed by atoms with van der Waals surface area (Å²) in [5.74, 6) is 0.566. The summed E-state index contributed by atoms with van der Waals surface area (Å²) < 4.78 is 10.5. The smallest absolute Gasteiger partial charge is 0.250 e. The molecular formula is C11H12ClNO2. The first-order valence-corrected chi connectivity index (χ1v) is 4.51. The van der Waals surface area contributed by atoms with Gasteiger partial charge in [-0.3, -0.25) is 5.41 Å². The van der Waals surface area contributed by atoms with Crippen molar-refractivity contribution in [2.75, 3.05) is 6.61 Å². The van der Waals surface area contributed by atoms with Crippen LogP contribution in [0.2, 0.25) is 0 Å². The lowest BCUT2D eigenvalue weighted by Crippen LogP contribution is -2.02. The number of hydrogen-bond donors (Lipinski definition) is 1. The van der Waals surface area contributed by atoms with E-state index < -0.39 is 0 Å². The second-order valence-corrected chi connectivity index (χ2v) is 2.91. The van der Waals surface area contributed by atoms with Crippen molar-refractivity contribution in [3.05, 3.63) is 36.1 Å². The van der Waals surface area contributed by atoms with E-state index in [-0.39, 0.29) is 18.3 Å². The fraction of sp³-hybridized carbons (Fsp3) is 0.182. The van der Waals surface area contributed by atoms with Gasteiger partial charge in [-0.05, 0) is 19.1 Å². The largest absolute Gasteiger partial charge is 0.476 e. The highest BCUT2D eigenvalue weighted by Crippen LogP contribution is 2.19. The standard InChI is InChI=1S/C11H11NO2.ClH/c1-2-13-11(12)10-7-8-5-3-4-6-9(8)14-10;/h3-7,12H,2H2,1H3;1H. The second-order valence-electron chi connectivity index (χ2n) is 2.91.